The van der Waals surface area contributed by atoms with Crippen LogP contribution in [-0.4, -0.2) is 49.8 Å². The van der Waals surface area contributed by atoms with Crippen LogP contribution >= 0.6 is 0 Å². The third kappa shape index (κ3) is 1.80. The fourth-order valence-electron chi connectivity index (χ4n) is 2.24. The average molecular weight is 201 g/mol. The van der Waals surface area contributed by atoms with Crippen molar-refractivity contribution in [3.63, 3.8) is 0 Å². The van der Waals surface area contributed by atoms with Gasteiger partial charge in [0.1, 0.15) is 6.10 Å². The van der Waals surface area contributed by atoms with Crippen LogP contribution in [0.2, 0.25) is 0 Å². The largest absolute Gasteiger partial charge is 0.356 e. The van der Waals surface area contributed by atoms with E-state index in [2.05, 4.69) is 18.9 Å². The topological polar surface area (TPSA) is 30.9 Å². The molecule has 2 heterocycles. The minimum atomic E-state index is -0.182. The zero-order chi connectivity index (χ0) is 10.1. The quantitative estimate of drug-likeness (QED) is 0.661. The van der Waals surface area contributed by atoms with Gasteiger partial charge in [-0.05, 0) is 27.3 Å². The minimum Gasteiger partial charge on any atom is -0.356 e. The standard InChI is InChI=1S/C10H19NO3/c1-4-12-10-9-8(5-7(2)14-10)11(3)6-13-9/h7-10H,4-6H2,1-3H3. The van der Waals surface area contributed by atoms with Crippen molar-refractivity contribution in [2.45, 2.75) is 44.8 Å². The van der Waals surface area contributed by atoms with Gasteiger partial charge in [0.05, 0.1) is 12.8 Å². The molecule has 2 fully saturated rings. The van der Waals surface area contributed by atoms with Crippen LogP contribution in [0.5, 0.6) is 0 Å². The second-order valence-electron chi connectivity index (χ2n) is 4.09. The van der Waals surface area contributed by atoms with Gasteiger partial charge in [0.25, 0.3) is 0 Å². The molecule has 82 valence electrons. The number of likely N-dealkylation sites (N-methyl/N-ethyl adjacent to an activating group) is 1. The predicted molar refractivity (Wildman–Crippen MR) is 51.9 cm³/mol. The molecule has 0 radical (unpaired) electrons. The van der Waals surface area contributed by atoms with E-state index >= 15 is 0 Å². The summed E-state index contributed by atoms with van der Waals surface area (Å²) < 4.78 is 16.9. The highest BCUT2D eigenvalue weighted by Gasteiger charge is 2.44. The molecule has 14 heavy (non-hydrogen) atoms. The zero-order valence-corrected chi connectivity index (χ0v) is 9.10. The maximum atomic E-state index is 5.72. The van der Waals surface area contributed by atoms with E-state index < -0.39 is 0 Å². The lowest BCUT2D eigenvalue weighted by Crippen LogP contribution is -2.50. The molecule has 2 aliphatic rings. The van der Waals surface area contributed by atoms with Gasteiger partial charge in [-0.25, -0.2) is 0 Å². The highest BCUT2D eigenvalue weighted by atomic mass is 16.7. The fourth-order valence-corrected chi connectivity index (χ4v) is 2.24. The van der Waals surface area contributed by atoms with E-state index in [0.29, 0.717) is 19.4 Å². The fraction of sp³-hybridized carbons (Fsp3) is 1.00. The Morgan fingerprint density at radius 2 is 2.29 bits per heavy atom. The summed E-state index contributed by atoms with van der Waals surface area (Å²) in [6.07, 6.45) is 1.21. The van der Waals surface area contributed by atoms with Crippen LogP contribution in [0.15, 0.2) is 0 Å². The first-order chi connectivity index (χ1) is 6.72. The molecule has 0 aromatic rings. The van der Waals surface area contributed by atoms with Crippen LogP contribution < -0.4 is 0 Å². The van der Waals surface area contributed by atoms with E-state index in [1.54, 1.807) is 0 Å². The van der Waals surface area contributed by atoms with Gasteiger partial charge in [0, 0.05) is 12.6 Å². The van der Waals surface area contributed by atoms with Gasteiger partial charge < -0.3 is 14.2 Å². The lowest BCUT2D eigenvalue weighted by Gasteiger charge is -2.37. The third-order valence-corrected chi connectivity index (χ3v) is 2.96. The van der Waals surface area contributed by atoms with Crippen molar-refractivity contribution in [2.75, 3.05) is 20.4 Å². The van der Waals surface area contributed by atoms with Crippen molar-refractivity contribution in [1.82, 2.24) is 4.90 Å². The Morgan fingerprint density at radius 1 is 1.50 bits per heavy atom. The first-order valence-electron chi connectivity index (χ1n) is 5.31. The van der Waals surface area contributed by atoms with E-state index in [-0.39, 0.29) is 18.5 Å². The number of hydrogen-bond donors (Lipinski definition) is 0. The first kappa shape index (κ1) is 10.4. The summed E-state index contributed by atoms with van der Waals surface area (Å²) in [5, 5.41) is 0. The molecular weight excluding hydrogens is 182 g/mol. The van der Waals surface area contributed by atoms with Crippen molar-refractivity contribution >= 4 is 0 Å². The van der Waals surface area contributed by atoms with Crippen LogP contribution in [0.1, 0.15) is 20.3 Å². The average Bonchev–Trinajstić information content (AvgIpc) is 2.49. The summed E-state index contributed by atoms with van der Waals surface area (Å²) in [5.74, 6) is 0. The van der Waals surface area contributed by atoms with Crippen molar-refractivity contribution in [3.8, 4) is 0 Å². The van der Waals surface area contributed by atoms with Gasteiger partial charge in [-0.15, -0.1) is 0 Å². The lowest BCUT2D eigenvalue weighted by molar-refractivity contribution is -0.237. The van der Waals surface area contributed by atoms with Crippen LogP contribution in [0.4, 0.5) is 0 Å². The van der Waals surface area contributed by atoms with Crippen molar-refractivity contribution < 1.29 is 14.2 Å². The SMILES string of the molecule is CCOC1OC(C)CC2C1OCN2C. The monoisotopic (exact) mass is 201 g/mol. The maximum Gasteiger partial charge on any atom is 0.185 e. The van der Waals surface area contributed by atoms with Crippen molar-refractivity contribution in [3.05, 3.63) is 0 Å². The molecule has 2 aliphatic heterocycles. The molecule has 4 nitrogen and oxygen atoms in total. The predicted octanol–water partition coefficient (Wildman–Crippen LogP) is 0.814. The van der Waals surface area contributed by atoms with Crippen molar-refractivity contribution in [2.24, 2.45) is 0 Å². The lowest BCUT2D eigenvalue weighted by atomic mass is 10.0. The molecule has 0 aliphatic carbocycles. The molecule has 0 saturated carbocycles. The first-order valence-corrected chi connectivity index (χ1v) is 5.31. The number of ether oxygens (including phenoxy) is 3. The molecule has 0 bridgehead atoms. The summed E-state index contributed by atoms with van der Waals surface area (Å²) in [5.41, 5.74) is 0. The summed E-state index contributed by atoms with van der Waals surface area (Å²) in [4.78, 5) is 2.23. The van der Waals surface area contributed by atoms with Crippen molar-refractivity contribution in [1.29, 1.82) is 0 Å². The molecule has 4 unspecified atom stereocenters. The zero-order valence-electron chi connectivity index (χ0n) is 9.10. The summed E-state index contributed by atoms with van der Waals surface area (Å²) in [6.45, 7) is 5.44. The van der Waals surface area contributed by atoms with Crippen LogP contribution in [-0.2, 0) is 14.2 Å². The second kappa shape index (κ2) is 4.14. The van der Waals surface area contributed by atoms with E-state index in [1.165, 1.54) is 0 Å². The van der Waals surface area contributed by atoms with Gasteiger partial charge in [-0.3, -0.25) is 4.90 Å². The molecule has 0 N–H and O–H groups in total. The Morgan fingerprint density at radius 3 is 3.00 bits per heavy atom. The smallest absolute Gasteiger partial charge is 0.185 e. The summed E-state index contributed by atoms with van der Waals surface area (Å²) in [7, 11) is 2.09. The van der Waals surface area contributed by atoms with Crippen LogP contribution in [0.25, 0.3) is 0 Å². The van der Waals surface area contributed by atoms with Crippen LogP contribution in [0, 0.1) is 0 Å². The van der Waals surface area contributed by atoms with E-state index in [9.17, 15) is 0 Å². The molecule has 4 atom stereocenters. The Bertz CT molecular complexity index is 200. The Kier molecular flexibility index (Phi) is 3.07. The highest BCUT2D eigenvalue weighted by Crippen LogP contribution is 2.30. The molecule has 0 aromatic carbocycles. The number of rotatable bonds is 2. The van der Waals surface area contributed by atoms with Gasteiger partial charge in [-0.1, -0.05) is 0 Å². The Balaban J connectivity index is 2.04. The van der Waals surface area contributed by atoms with E-state index in [1.807, 2.05) is 6.92 Å². The van der Waals surface area contributed by atoms with Crippen LogP contribution in [0.3, 0.4) is 0 Å². The molecule has 0 amide bonds. The number of nitrogens with zero attached hydrogens (tertiary/aromatic N) is 1. The Labute approximate surface area is 85.1 Å². The maximum absolute atomic E-state index is 5.72. The van der Waals surface area contributed by atoms with Gasteiger partial charge in [0.15, 0.2) is 6.29 Å². The third-order valence-electron chi connectivity index (χ3n) is 2.96. The Hall–Kier alpha value is -0.160. The molecular formula is C10H19NO3. The normalized spacial score (nSPS) is 43.9. The molecule has 2 saturated heterocycles. The second-order valence-corrected chi connectivity index (χ2v) is 4.09. The number of fused-ring (bicyclic) bond motifs is 1. The molecule has 0 aromatic heterocycles. The summed E-state index contributed by atoms with van der Waals surface area (Å²) in [6, 6.07) is 0.454. The summed E-state index contributed by atoms with van der Waals surface area (Å²) >= 11 is 0. The highest BCUT2D eigenvalue weighted by molar-refractivity contribution is 4.90. The van der Waals surface area contributed by atoms with Gasteiger partial charge in [-0.2, -0.15) is 0 Å². The minimum absolute atomic E-state index is 0.0937. The molecule has 2 rings (SSSR count). The van der Waals surface area contributed by atoms with Gasteiger partial charge >= 0.3 is 0 Å². The van der Waals surface area contributed by atoms with E-state index in [0.717, 1.165) is 6.42 Å². The molecule has 0 spiro atoms. The van der Waals surface area contributed by atoms with Gasteiger partial charge in [0.2, 0.25) is 0 Å². The number of hydrogen-bond acceptors (Lipinski definition) is 4. The molecule has 4 heteroatoms. The van der Waals surface area contributed by atoms with E-state index in [4.69, 9.17) is 14.2 Å².